The highest BCUT2D eigenvalue weighted by Gasteiger charge is 2.24. The Balaban J connectivity index is 1.38. The highest BCUT2D eigenvalue weighted by atomic mass is 16.6. The minimum Gasteiger partial charge on any atom is -0.496 e. The van der Waals surface area contributed by atoms with Gasteiger partial charge in [-0.25, -0.2) is 9.78 Å². The average Bonchev–Trinajstić information content (AvgIpc) is 3.54. The third-order valence-electron chi connectivity index (χ3n) is 6.11. The Morgan fingerprint density at radius 2 is 2.00 bits per heavy atom. The smallest absolute Gasteiger partial charge is 0.410 e. The van der Waals surface area contributed by atoms with Crippen molar-refractivity contribution < 1.29 is 14.3 Å². The van der Waals surface area contributed by atoms with E-state index >= 15 is 0 Å². The zero-order valence-electron chi connectivity index (χ0n) is 21.0. The standard InChI is InChI=1S/C28H31N5O3/c1-28(2,3)36-27(34)33-14-10-18(11-15-33)24-17-21-23(9-13-30-26(21)32-24)31-19-7-8-25(35-4)20(16-19)22-6-5-12-29-22/h5-10,12-13,16-17,29H,11,14-15H2,1-4H3,(H2,30,31,32). The van der Waals surface area contributed by atoms with Crippen LogP contribution in [0.5, 0.6) is 5.75 Å². The molecule has 36 heavy (non-hydrogen) atoms. The van der Waals surface area contributed by atoms with E-state index in [1.807, 2.05) is 57.3 Å². The Labute approximate surface area is 210 Å². The van der Waals surface area contributed by atoms with E-state index in [1.165, 1.54) is 0 Å². The maximum Gasteiger partial charge on any atom is 0.410 e. The molecule has 1 amide bonds. The van der Waals surface area contributed by atoms with E-state index in [2.05, 4.69) is 38.5 Å². The number of nitrogens with zero attached hydrogens (tertiary/aromatic N) is 2. The molecule has 0 saturated carbocycles. The summed E-state index contributed by atoms with van der Waals surface area (Å²) in [5, 5.41) is 4.54. The molecule has 0 atom stereocenters. The Kier molecular flexibility index (Phi) is 6.18. The van der Waals surface area contributed by atoms with E-state index in [0.717, 1.165) is 57.1 Å². The average molecular weight is 486 g/mol. The number of aromatic nitrogens is 3. The van der Waals surface area contributed by atoms with E-state index in [9.17, 15) is 4.79 Å². The first-order chi connectivity index (χ1) is 17.3. The highest BCUT2D eigenvalue weighted by Crippen LogP contribution is 2.35. The lowest BCUT2D eigenvalue weighted by Gasteiger charge is -2.29. The quantitative estimate of drug-likeness (QED) is 0.307. The molecular formula is C28H31N5O3. The SMILES string of the molecule is COc1ccc(Nc2ccnc3[nH]c(C4=CCN(C(=O)OC(C)(C)C)CC4)cc23)cc1-c1ccc[nH]1. The zero-order valence-corrected chi connectivity index (χ0v) is 21.0. The van der Waals surface area contributed by atoms with Crippen LogP contribution in [0.2, 0.25) is 0 Å². The van der Waals surface area contributed by atoms with Crippen LogP contribution in [0.1, 0.15) is 32.9 Å². The molecule has 4 aromatic rings. The van der Waals surface area contributed by atoms with Crippen LogP contribution in [0.4, 0.5) is 16.2 Å². The van der Waals surface area contributed by atoms with Crippen LogP contribution in [0, 0.1) is 0 Å². The van der Waals surface area contributed by atoms with Crippen molar-refractivity contribution in [2.75, 3.05) is 25.5 Å². The Morgan fingerprint density at radius 3 is 2.69 bits per heavy atom. The van der Waals surface area contributed by atoms with Gasteiger partial charge in [-0.3, -0.25) is 0 Å². The first-order valence-corrected chi connectivity index (χ1v) is 12.0. The molecule has 1 aromatic carbocycles. The molecule has 8 heteroatoms. The summed E-state index contributed by atoms with van der Waals surface area (Å²) in [6.45, 7) is 6.78. The van der Waals surface area contributed by atoms with Crippen molar-refractivity contribution in [3.8, 4) is 17.0 Å². The van der Waals surface area contributed by atoms with Gasteiger partial charge < -0.3 is 29.7 Å². The lowest BCUT2D eigenvalue weighted by Crippen LogP contribution is -2.39. The lowest BCUT2D eigenvalue weighted by molar-refractivity contribution is 0.0270. The number of methoxy groups -OCH3 is 1. The summed E-state index contributed by atoms with van der Waals surface area (Å²) in [6.07, 6.45) is 6.24. The van der Waals surface area contributed by atoms with E-state index in [1.54, 1.807) is 18.2 Å². The summed E-state index contributed by atoms with van der Waals surface area (Å²) in [7, 11) is 1.68. The van der Waals surface area contributed by atoms with Gasteiger partial charge in [-0.15, -0.1) is 0 Å². The van der Waals surface area contributed by atoms with Gasteiger partial charge in [0.25, 0.3) is 0 Å². The molecule has 1 aliphatic rings. The van der Waals surface area contributed by atoms with Crippen LogP contribution >= 0.6 is 0 Å². The molecule has 0 spiro atoms. The fraction of sp³-hybridized carbons (Fsp3) is 0.286. The molecular weight excluding hydrogens is 454 g/mol. The molecule has 5 rings (SSSR count). The van der Waals surface area contributed by atoms with Crippen LogP contribution in [0.15, 0.2) is 60.9 Å². The molecule has 186 valence electrons. The first kappa shape index (κ1) is 23.5. The summed E-state index contributed by atoms with van der Waals surface area (Å²) in [6, 6.07) is 14.1. The predicted molar refractivity (Wildman–Crippen MR) is 143 cm³/mol. The van der Waals surface area contributed by atoms with Gasteiger partial charge in [-0.2, -0.15) is 0 Å². The van der Waals surface area contributed by atoms with Crippen molar-refractivity contribution in [3.63, 3.8) is 0 Å². The number of H-pyrrole nitrogens is 2. The maximum absolute atomic E-state index is 12.4. The molecule has 0 aliphatic carbocycles. The van der Waals surface area contributed by atoms with Crippen LogP contribution in [-0.2, 0) is 4.74 Å². The topological polar surface area (TPSA) is 95.3 Å². The largest absolute Gasteiger partial charge is 0.496 e. The summed E-state index contributed by atoms with van der Waals surface area (Å²) in [5.74, 6) is 0.802. The number of fused-ring (bicyclic) bond motifs is 1. The number of anilines is 2. The van der Waals surface area contributed by atoms with E-state index in [0.29, 0.717) is 13.1 Å². The van der Waals surface area contributed by atoms with Gasteiger partial charge in [0.15, 0.2) is 0 Å². The number of ether oxygens (including phenoxy) is 2. The first-order valence-electron chi connectivity index (χ1n) is 12.0. The second kappa shape index (κ2) is 9.45. The number of rotatable bonds is 5. The molecule has 0 bridgehead atoms. The Morgan fingerprint density at radius 1 is 1.14 bits per heavy atom. The van der Waals surface area contributed by atoms with Gasteiger partial charge in [-0.1, -0.05) is 6.08 Å². The van der Waals surface area contributed by atoms with Crippen molar-refractivity contribution >= 4 is 34.1 Å². The number of hydrogen-bond acceptors (Lipinski definition) is 5. The molecule has 0 saturated heterocycles. The normalized spacial score (nSPS) is 14.0. The number of aromatic amines is 2. The minimum absolute atomic E-state index is 0.277. The summed E-state index contributed by atoms with van der Waals surface area (Å²) in [4.78, 5) is 25.4. The third-order valence-corrected chi connectivity index (χ3v) is 6.11. The molecule has 4 heterocycles. The number of benzene rings is 1. The van der Waals surface area contributed by atoms with E-state index in [4.69, 9.17) is 9.47 Å². The van der Waals surface area contributed by atoms with Crippen LogP contribution in [0.25, 0.3) is 27.9 Å². The highest BCUT2D eigenvalue weighted by molar-refractivity contribution is 5.94. The van der Waals surface area contributed by atoms with Crippen LogP contribution in [0.3, 0.4) is 0 Å². The predicted octanol–water partition coefficient (Wildman–Crippen LogP) is 6.33. The number of amides is 1. The number of carbonyl (C=O) groups is 1. The van der Waals surface area contributed by atoms with Crippen LogP contribution in [-0.4, -0.2) is 51.7 Å². The Bertz CT molecular complexity index is 1410. The molecule has 0 radical (unpaired) electrons. The number of hydrogen-bond donors (Lipinski definition) is 3. The Hall–Kier alpha value is -4.20. The molecule has 8 nitrogen and oxygen atoms in total. The minimum atomic E-state index is -0.501. The summed E-state index contributed by atoms with van der Waals surface area (Å²) >= 11 is 0. The van der Waals surface area contributed by atoms with Gasteiger partial charge >= 0.3 is 6.09 Å². The van der Waals surface area contributed by atoms with Gasteiger partial charge in [0.05, 0.1) is 12.8 Å². The lowest BCUT2D eigenvalue weighted by atomic mass is 10.0. The third kappa shape index (κ3) is 4.93. The maximum atomic E-state index is 12.4. The van der Waals surface area contributed by atoms with Crippen molar-refractivity contribution in [1.29, 1.82) is 0 Å². The van der Waals surface area contributed by atoms with Gasteiger partial charge in [-0.05, 0) is 75.2 Å². The van der Waals surface area contributed by atoms with Crippen molar-refractivity contribution in [2.24, 2.45) is 0 Å². The molecule has 0 unspecified atom stereocenters. The van der Waals surface area contributed by atoms with E-state index in [-0.39, 0.29) is 6.09 Å². The monoisotopic (exact) mass is 485 g/mol. The second-order valence-corrected chi connectivity index (χ2v) is 9.83. The summed E-state index contributed by atoms with van der Waals surface area (Å²) in [5.41, 5.74) is 6.36. The van der Waals surface area contributed by atoms with Crippen molar-refractivity contribution in [1.82, 2.24) is 19.9 Å². The number of nitrogens with one attached hydrogen (secondary N) is 3. The summed E-state index contributed by atoms with van der Waals surface area (Å²) < 4.78 is 11.1. The molecule has 3 N–H and O–H groups in total. The van der Waals surface area contributed by atoms with Gasteiger partial charge in [0.2, 0.25) is 0 Å². The second-order valence-electron chi connectivity index (χ2n) is 9.83. The van der Waals surface area contributed by atoms with Crippen molar-refractivity contribution in [2.45, 2.75) is 32.8 Å². The molecule has 0 fully saturated rings. The molecule has 3 aromatic heterocycles. The molecule has 1 aliphatic heterocycles. The van der Waals surface area contributed by atoms with Crippen molar-refractivity contribution in [3.05, 3.63) is 66.6 Å². The fourth-order valence-corrected chi connectivity index (χ4v) is 4.36. The van der Waals surface area contributed by atoms with E-state index < -0.39 is 5.60 Å². The zero-order chi connectivity index (χ0) is 25.3. The van der Waals surface area contributed by atoms with Gasteiger partial charge in [0.1, 0.15) is 17.0 Å². The fourth-order valence-electron chi connectivity index (χ4n) is 4.36. The van der Waals surface area contributed by atoms with Gasteiger partial charge in [0, 0.05) is 53.5 Å². The number of pyridine rings is 1. The number of carbonyl (C=O) groups excluding carboxylic acids is 1. The van der Waals surface area contributed by atoms with Crippen LogP contribution < -0.4 is 10.1 Å².